The van der Waals surface area contributed by atoms with Gasteiger partial charge >= 0.3 is 0 Å². The van der Waals surface area contributed by atoms with E-state index < -0.39 is 0 Å². The molecule has 2 aromatic rings. The van der Waals surface area contributed by atoms with Gasteiger partial charge in [-0.15, -0.1) is 5.73 Å². The molecule has 0 saturated carbocycles. The second-order valence-electron chi connectivity index (χ2n) is 2.47. The van der Waals surface area contributed by atoms with E-state index >= 15 is 0 Å². The van der Waals surface area contributed by atoms with Gasteiger partial charge in [0.05, 0.1) is 6.20 Å². The molecule has 0 saturated heterocycles. The highest BCUT2D eigenvalue weighted by Gasteiger charge is 1.96. The third-order valence-corrected chi connectivity index (χ3v) is 1.71. The van der Waals surface area contributed by atoms with Crippen LogP contribution in [0.2, 0.25) is 0 Å². The Balaban J connectivity index is 2.78. The summed E-state index contributed by atoms with van der Waals surface area (Å²) < 4.78 is 1.89. The molecule has 2 nitrogen and oxygen atoms in total. The van der Waals surface area contributed by atoms with Crippen LogP contribution in [0.15, 0.2) is 42.9 Å². The number of rotatable bonds is 1. The number of nitrogens with zero attached hydrogens (tertiary/aromatic N) is 2. The zero-order valence-electron chi connectivity index (χ0n) is 6.57. The van der Waals surface area contributed by atoms with E-state index in [4.69, 9.17) is 0 Å². The molecule has 0 aliphatic carbocycles. The topological polar surface area (TPSA) is 17.8 Å². The summed E-state index contributed by atoms with van der Waals surface area (Å²) in [5.41, 5.74) is 3.65. The molecule has 0 unspecified atom stereocenters. The maximum Gasteiger partial charge on any atom is 0.144 e. The molecule has 0 atom stereocenters. The summed E-state index contributed by atoms with van der Waals surface area (Å²) in [6.45, 7) is 3.51. The first-order valence-electron chi connectivity index (χ1n) is 3.69. The molecular formula is C10H8N2. The van der Waals surface area contributed by atoms with Crippen molar-refractivity contribution >= 4 is 17.2 Å². The largest absolute Gasteiger partial charge is 0.301 e. The van der Waals surface area contributed by atoms with Crippen LogP contribution in [0.4, 0.5) is 0 Å². The lowest BCUT2D eigenvalue weighted by atomic mass is 10.3. The second-order valence-corrected chi connectivity index (χ2v) is 2.47. The lowest BCUT2D eigenvalue weighted by molar-refractivity contribution is 1.17. The van der Waals surface area contributed by atoms with Crippen molar-refractivity contribution in [1.82, 2.24) is 9.55 Å². The smallest absolute Gasteiger partial charge is 0.144 e. The van der Waals surface area contributed by atoms with Crippen molar-refractivity contribution in [3.8, 4) is 0 Å². The van der Waals surface area contributed by atoms with Gasteiger partial charge in [-0.05, 0) is 18.2 Å². The molecule has 0 aromatic carbocycles. The van der Waals surface area contributed by atoms with Gasteiger partial charge in [-0.25, -0.2) is 4.98 Å². The molecule has 0 fully saturated rings. The van der Waals surface area contributed by atoms with Crippen LogP contribution < -0.4 is 0 Å². The first-order valence-corrected chi connectivity index (χ1v) is 3.69. The van der Waals surface area contributed by atoms with Gasteiger partial charge in [0.2, 0.25) is 0 Å². The first kappa shape index (κ1) is 6.89. The third-order valence-electron chi connectivity index (χ3n) is 1.71. The average Bonchev–Trinajstić information content (AvgIpc) is 2.50. The van der Waals surface area contributed by atoms with Crippen LogP contribution in [-0.2, 0) is 0 Å². The van der Waals surface area contributed by atoms with Crippen molar-refractivity contribution in [2.45, 2.75) is 0 Å². The van der Waals surface area contributed by atoms with Gasteiger partial charge in [0.15, 0.2) is 0 Å². The Morgan fingerprint density at radius 1 is 1.50 bits per heavy atom. The summed E-state index contributed by atoms with van der Waals surface area (Å²) in [6, 6.07) is 5.95. The summed E-state index contributed by atoms with van der Waals surface area (Å²) in [4.78, 5) is 4.22. The lowest BCUT2D eigenvalue weighted by Crippen LogP contribution is -1.83. The summed E-state index contributed by atoms with van der Waals surface area (Å²) in [6.07, 6.45) is 5.47. The number of hydrogen-bond acceptors (Lipinski definition) is 1. The molecule has 0 radical (unpaired) electrons. The maximum absolute atomic E-state index is 4.22. The van der Waals surface area contributed by atoms with Crippen LogP contribution in [0.3, 0.4) is 0 Å². The number of hydrogen-bond donors (Lipinski definition) is 0. The Hall–Kier alpha value is -1.79. The predicted molar refractivity (Wildman–Crippen MR) is 49.6 cm³/mol. The van der Waals surface area contributed by atoms with Gasteiger partial charge in [-0.2, -0.15) is 0 Å². The fourth-order valence-electron chi connectivity index (χ4n) is 1.19. The maximum atomic E-state index is 4.22. The second kappa shape index (κ2) is 2.68. The molecule has 2 aromatic heterocycles. The number of pyridine rings is 1. The van der Waals surface area contributed by atoms with E-state index in [1.54, 1.807) is 12.4 Å². The minimum Gasteiger partial charge on any atom is -0.301 e. The van der Waals surface area contributed by atoms with Crippen molar-refractivity contribution in [1.29, 1.82) is 0 Å². The van der Waals surface area contributed by atoms with Gasteiger partial charge in [0, 0.05) is 17.8 Å². The number of aromatic nitrogens is 2. The van der Waals surface area contributed by atoms with Gasteiger partial charge in [-0.1, -0.05) is 6.58 Å². The third kappa shape index (κ3) is 0.949. The van der Waals surface area contributed by atoms with E-state index in [1.165, 1.54) is 0 Å². The monoisotopic (exact) mass is 156 g/mol. The van der Waals surface area contributed by atoms with Gasteiger partial charge in [-0.3, -0.25) is 0 Å². The molecule has 0 amide bonds. The molecule has 12 heavy (non-hydrogen) atoms. The SMILES string of the molecule is C=C=Cn1ccc2cccnc21. The van der Waals surface area contributed by atoms with Gasteiger partial charge in [0.25, 0.3) is 0 Å². The van der Waals surface area contributed by atoms with Crippen LogP contribution in [0.25, 0.3) is 17.2 Å². The van der Waals surface area contributed by atoms with Crippen LogP contribution in [0, 0.1) is 0 Å². The highest BCUT2D eigenvalue weighted by Crippen LogP contribution is 2.11. The normalized spacial score (nSPS) is 9.67. The van der Waals surface area contributed by atoms with E-state index in [2.05, 4.69) is 17.3 Å². The van der Waals surface area contributed by atoms with E-state index in [-0.39, 0.29) is 0 Å². The highest BCUT2D eigenvalue weighted by atomic mass is 15.0. The Morgan fingerprint density at radius 3 is 3.25 bits per heavy atom. The Bertz CT molecular complexity index is 448. The summed E-state index contributed by atoms with van der Waals surface area (Å²) in [5, 5.41) is 1.13. The molecule has 0 aliphatic heterocycles. The summed E-state index contributed by atoms with van der Waals surface area (Å²) in [5.74, 6) is 0. The average molecular weight is 156 g/mol. The highest BCUT2D eigenvalue weighted by molar-refractivity contribution is 5.77. The van der Waals surface area contributed by atoms with Crippen LogP contribution in [0.5, 0.6) is 0 Å². The minimum absolute atomic E-state index is 0.939. The molecule has 2 heterocycles. The van der Waals surface area contributed by atoms with E-state index in [0.717, 1.165) is 11.0 Å². The van der Waals surface area contributed by atoms with Crippen molar-refractivity contribution in [2.75, 3.05) is 0 Å². The van der Waals surface area contributed by atoms with E-state index in [9.17, 15) is 0 Å². The molecule has 0 N–H and O–H groups in total. The van der Waals surface area contributed by atoms with Crippen molar-refractivity contribution < 1.29 is 0 Å². The molecule has 0 spiro atoms. The quantitative estimate of drug-likeness (QED) is 0.579. The molecular weight excluding hydrogens is 148 g/mol. The van der Waals surface area contributed by atoms with Crippen molar-refractivity contribution in [3.63, 3.8) is 0 Å². The minimum atomic E-state index is 0.939. The first-order chi connectivity index (χ1) is 5.92. The Labute approximate surface area is 70.5 Å². The Kier molecular flexibility index (Phi) is 1.54. The molecule has 2 rings (SSSR count). The Morgan fingerprint density at radius 2 is 2.42 bits per heavy atom. The van der Waals surface area contributed by atoms with Crippen LogP contribution in [-0.4, -0.2) is 9.55 Å². The van der Waals surface area contributed by atoms with Gasteiger partial charge < -0.3 is 4.57 Å². The fraction of sp³-hybridized carbons (Fsp3) is 0. The van der Waals surface area contributed by atoms with Crippen LogP contribution in [0.1, 0.15) is 0 Å². The van der Waals surface area contributed by atoms with Crippen LogP contribution >= 0.6 is 0 Å². The molecule has 0 bridgehead atoms. The van der Waals surface area contributed by atoms with E-state index in [1.807, 2.05) is 29.0 Å². The zero-order chi connectivity index (χ0) is 8.39. The molecule has 0 aliphatic rings. The van der Waals surface area contributed by atoms with E-state index in [0.29, 0.717) is 0 Å². The molecule has 2 heteroatoms. The summed E-state index contributed by atoms with van der Waals surface area (Å²) in [7, 11) is 0. The predicted octanol–water partition coefficient (Wildman–Crippen LogP) is 2.29. The lowest BCUT2D eigenvalue weighted by Gasteiger charge is -1.92. The summed E-state index contributed by atoms with van der Waals surface area (Å²) >= 11 is 0. The number of fused-ring (bicyclic) bond motifs is 1. The standard InChI is InChI=1S/C10H8N2/c1-2-7-12-8-5-9-4-3-6-11-10(9)12/h3-8H,1H2. The molecule has 58 valence electrons. The fourth-order valence-corrected chi connectivity index (χ4v) is 1.19. The van der Waals surface area contributed by atoms with Crippen molar-refractivity contribution in [3.05, 3.63) is 42.9 Å². The van der Waals surface area contributed by atoms with Crippen molar-refractivity contribution in [2.24, 2.45) is 0 Å². The van der Waals surface area contributed by atoms with Gasteiger partial charge in [0.1, 0.15) is 5.65 Å². The zero-order valence-corrected chi connectivity index (χ0v) is 6.57.